The number of H-pyrrole nitrogens is 1. The second-order valence-corrected chi connectivity index (χ2v) is 12.8. The Morgan fingerprint density at radius 1 is 1.00 bits per heavy atom. The Labute approximate surface area is 214 Å². The third-order valence-electron chi connectivity index (χ3n) is 6.02. The maximum absolute atomic E-state index is 13.4. The summed E-state index contributed by atoms with van der Waals surface area (Å²) >= 11 is 12.4. The van der Waals surface area contributed by atoms with Gasteiger partial charge in [-0.3, -0.25) is 4.79 Å². The van der Waals surface area contributed by atoms with Crippen LogP contribution in [0.15, 0.2) is 46.3 Å². The van der Waals surface area contributed by atoms with Crippen LogP contribution in [0.1, 0.15) is 12.8 Å². The van der Waals surface area contributed by atoms with Gasteiger partial charge < -0.3 is 9.88 Å². The van der Waals surface area contributed by atoms with Crippen molar-refractivity contribution in [2.24, 2.45) is 5.14 Å². The van der Waals surface area contributed by atoms with Crippen LogP contribution in [0.2, 0.25) is 10.0 Å². The summed E-state index contributed by atoms with van der Waals surface area (Å²) in [5.41, 5.74) is 0.599. The van der Waals surface area contributed by atoms with Crippen molar-refractivity contribution in [2.75, 3.05) is 13.1 Å². The van der Waals surface area contributed by atoms with Gasteiger partial charge in [-0.15, -0.1) is 0 Å². The van der Waals surface area contributed by atoms with Crippen LogP contribution in [0.5, 0.6) is 0 Å². The summed E-state index contributed by atoms with van der Waals surface area (Å²) in [6.45, 7) is -0.772. The number of fused-ring (bicyclic) bond motifs is 1. The van der Waals surface area contributed by atoms with E-state index in [0.717, 1.165) is 18.2 Å². The number of aromatic amines is 1. The van der Waals surface area contributed by atoms with E-state index in [4.69, 9.17) is 28.3 Å². The van der Waals surface area contributed by atoms with Gasteiger partial charge in [0, 0.05) is 35.8 Å². The fourth-order valence-electron chi connectivity index (χ4n) is 4.28. The largest absolute Gasteiger partial charge is 0.471 e. The summed E-state index contributed by atoms with van der Waals surface area (Å²) in [6, 6.07) is 6.25. The highest BCUT2D eigenvalue weighted by atomic mass is 35.5. The molecule has 0 saturated carbocycles. The zero-order chi connectivity index (χ0) is 26.6. The molecule has 36 heavy (non-hydrogen) atoms. The lowest BCUT2D eigenvalue weighted by molar-refractivity contribution is -0.186. The number of hydrogen-bond donors (Lipinski definition) is 2. The van der Waals surface area contributed by atoms with E-state index >= 15 is 0 Å². The Kier molecular flexibility index (Phi) is 6.84. The predicted octanol–water partition coefficient (Wildman–Crippen LogP) is 4.12. The number of sulfone groups is 1. The summed E-state index contributed by atoms with van der Waals surface area (Å²) in [6.07, 6.45) is -4.04. The van der Waals surface area contributed by atoms with Gasteiger partial charge >= 0.3 is 12.1 Å². The van der Waals surface area contributed by atoms with Gasteiger partial charge in [0.25, 0.3) is 0 Å². The molecule has 4 rings (SSSR count). The summed E-state index contributed by atoms with van der Waals surface area (Å²) in [5, 5.41) is 5.25. The number of amides is 1. The van der Waals surface area contributed by atoms with Crippen LogP contribution in [0.3, 0.4) is 0 Å². The van der Waals surface area contributed by atoms with E-state index in [-0.39, 0.29) is 56.9 Å². The average molecular weight is 584 g/mol. The summed E-state index contributed by atoms with van der Waals surface area (Å²) in [5.74, 6) is -2.02. The summed E-state index contributed by atoms with van der Waals surface area (Å²) < 4.78 is 89.5. The lowest BCUT2D eigenvalue weighted by atomic mass is 10.0. The zero-order valence-corrected chi connectivity index (χ0v) is 21.3. The number of carbonyl (C=O) groups is 1. The first-order chi connectivity index (χ1) is 16.6. The van der Waals surface area contributed by atoms with Crippen molar-refractivity contribution in [1.29, 1.82) is 0 Å². The van der Waals surface area contributed by atoms with Crippen molar-refractivity contribution >= 4 is 59.9 Å². The molecule has 0 unspecified atom stereocenters. The minimum absolute atomic E-state index is 0.0246. The Bertz CT molecular complexity index is 1580. The van der Waals surface area contributed by atoms with Crippen LogP contribution in [0, 0.1) is 0 Å². The quantitative estimate of drug-likeness (QED) is 0.477. The lowest BCUT2D eigenvalue weighted by Crippen LogP contribution is -2.47. The number of nitrogens with one attached hydrogen (secondary N) is 1. The van der Waals surface area contributed by atoms with Crippen molar-refractivity contribution in [2.45, 2.75) is 34.1 Å². The monoisotopic (exact) mass is 583 g/mol. The second-order valence-electron chi connectivity index (χ2n) is 8.22. The number of halogens is 5. The Hall–Kier alpha value is -2.32. The molecular formula is C21H18Cl2F3N3O5S2. The molecule has 0 aliphatic carbocycles. The number of sulfonamides is 1. The SMILES string of the molecule is NS(=O)(=O)c1ccc(S(=O)(=O)C2CCN(C(=O)C(F)(F)F)CC2)cc1-c1ccc(Cl)c2c(Cl)c[nH]c12. The summed E-state index contributed by atoms with van der Waals surface area (Å²) in [4.78, 5) is 14.3. The van der Waals surface area contributed by atoms with Crippen LogP contribution in [-0.2, 0) is 24.7 Å². The number of carbonyl (C=O) groups excluding carboxylic acids is 1. The molecule has 1 aliphatic heterocycles. The van der Waals surface area contributed by atoms with Crippen LogP contribution in [-0.4, -0.2) is 57.1 Å². The standard InChI is InChI=1S/C21H18Cl2F3N3O5S2/c22-15-3-2-13(19-18(15)16(23)10-28-19)14-9-12(1-4-17(14)36(27,33)34)35(31,32)11-5-7-29(8-6-11)20(30)21(24,25)26/h1-4,9-11,28H,5-8H2,(H2,27,33,34). The maximum Gasteiger partial charge on any atom is 0.471 e. The minimum Gasteiger partial charge on any atom is -0.359 e. The summed E-state index contributed by atoms with van der Waals surface area (Å²) in [7, 11) is -8.41. The maximum atomic E-state index is 13.4. The van der Waals surface area contributed by atoms with Gasteiger partial charge in [-0.1, -0.05) is 29.3 Å². The zero-order valence-electron chi connectivity index (χ0n) is 18.1. The molecule has 1 fully saturated rings. The van der Waals surface area contributed by atoms with Crippen molar-refractivity contribution in [3.63, 3.8) is 0 Å². The fraction of sp³-hybridized carbons (Fsp3) is 0.286. The molecule has 3 N–H and O–H groups in total. The molecule has 1 amide bonds. The van der Waals surface area contributed by atoms with Crippen LogP contribution >= 0.6 is 23.2 Å². The van der Waals surface area contributed by atoms with Crippen molar-refractivity contribution in [1.82, 2.24) is 9.88 Å². The van der Waals surface area contributed by atoms with E-state index in [2.05, 4.69) is 4.98 Å². The first kappa shape index (κ1) is 26.7. The van der Waals surface area contributed by atoms with Crippen molar-refractivity contribution < 1.29 is 34.8 Å². The number of rotatable bonds is 4. The number of piperidine rings is 1. The third kappa shape index (κ3) is 4.82. The van der Waals surface area contributed by atoms with Crippen molar-refractivity contribution in [3.8, 4) is 11.1 Å². The van der Waals surface area contributed by atoms with Gasteiger partial charge in [-0.25, -0.2) is 22.0 Å². The van der Waals surface area contributed by atoms with Gasteiger partial charge in [0.15, 0.2) is 9.84 Å². The number of nitrogens with zero attached hydrogens (tertiary/aromatic N) is 1. The van der Waals surface area contributed by atoms with Crippen LogP contribution < -0.4 is 5.14 Å². The van der Waals surface area contributed by atoms with E-state index in [0.29, 0.717) is 15.8 Å². The first-order valence-electron chi connectivity index (χ1n) is 10.3. The number of aromatic nitrogens is 1. The molecule has 0 atom stereocenters. The molecule has 2 aromatic carbocycles. The molecular weight excluding hydrogens is 566 g/mol. The number of primary sulfonamides is 1. The van der Waals surface area contributed by atoms with Crippen LogP contribution in [0.4, 0.5) is 13.2 Å². The molecule has 0 bridgehead atoms. The molecule has 0 radical (unpaired) electrons. The van der Waals surface area contributed by atoms with Gasteiger partial charge in [0.1, 0.15) is 0 Å². The van der Waals surface area contributed by atoms with Gasteiger partial charge in [0.05, 0.1) is 30.6 Å². The van der Waals surface area contributed by atoms with Gasteiger partial charge in [0.2, 0.25) is 10.0 Å². The minimum atomic E-state index is -5.05. The number of likely N-dealkylation sites (tertiary alicyclic amines) is 1. The Morgan fingerprint density at radius 3 is 2.22 bits per heavy atom. The number of alkyl halides is 3. The molecule has 1 aliphatic rings. The molecule has 1 aromatic heterocycles. The Balaban J connectivity index is 1.77. The number of hydrogen-bond acceptors (Lipinski definition) is 5. The normalized spacial score (nSPS) is 16.0. The molecule has 2 heterocycles. The predicted molar refractivity (Wildman–Crippen MR) is 128 cm³/mol. The van der Waals surface area contributed by atoms with Crippen molar-refractivity contribution in [3.05, 3.63) is 46.6 Å². The van der Waals surface area contributed by atoms with E-state index in [1.54, 1.807) is 0 Å². The number of nitrogens with two attached hydrogens (primary N) is 1. The molecule has 15 heteroatoms. The third-order valence-corrected chi connectivity index (χ3v) is 9.87. The van der Waals surface area contributed by atoms with Crippen LogP contribution in [0.25, 0.3) is 22.0 Å². The topological polar surface area (TPSA) is 130 Å². The highest BCUT2D eigenvalue weighted by Gasteiger charge is 2.44. The highest BCUT2D eigenvalue weighted by Crippen LogP contribution is 2.40. The second kappa shape index (κ2) is 9.21. The van der Waals surface area contributed by atoms with E-state index in [9.17, 15) is 34.8 Å². The number of benzene rings is 2. The molecule has 3 aromatic rings. The highest BCUT2D eigenvalue weighted by molar-refractivity contribution is 7.92. The lowest BCUT2D eigenvalue weighted by Gasteiger charge is -2.32. The molecule has 8 nitrogen and oxygen atoms in total. The average Bonchev–Trinajstić information content (AvgIpc) is 3.19. The van der Waals surface area contributed by atoms with E-state index < -0.39 is 37.2 Å². The first-order valence-corrected chi connectivity index (χ1v) is 14.2. The Morgan fingerprint density at radius 2 is 1.64 bits per heavy atom. The fourth-order valence-corrected chi connectivity index (χ4v) is 7.33. The van der Waals surface area contributed by atoms with E-state index in [1.165, 1.54) is 18.3 Å². The van der Waals surface area contributed by atoms with E-state index in [1.807, 2.05) is 0 Å². The smallest absolute Gasteiger partial charge is 0.359 e. The van der Waals surface area contributed by atoms with Gasteiger partial charge in [-0.2, -0.15) is 13.2 Å². The molecule has 194 valence electrons. The molecule has 1 saturated heterocycles. The molecule has 0 spiro atoms. The van der Waals surface area contributed by atoms with Gasteiger partial charge in [-0.05, 0) is 37.1 Å².